The summed E-state index contributed by atoms with van der Waals surface area (Å²) in [7, 11) is 0. The third-order valence-corrected chi connectivity index (χ3v) is 2.75. The summed E-state index contributed by atoms with van der Waals surface area (Å²) in [6, 6.07) is 0.835. The first-order valence-electron chi connectivity index (χ1n) is 5.01. The number of benzene rings is 1. The van der Waals surface area contributed by atoms with E-state index in [4.69, 9.17) is 5.11 Å². The van der Waals surface area contributed by atoms with Gasteiger partial charge in [0, 0.05) is 6.07 Å². The van der Waals surface area contributed by atoms with Crippen molar-refractivity contribution in [2.75, 3.05) is 0 Å². The molecule has 0 aliphatic carbocycles. The van der Waals surface area contributed by atoms with Crippen molar-refractivity contribution in [3.05, 3.63) is 34.4 Å². The fourth-order valence-corrected chi connectivity index (χ4v) is 1.97. The molecule has 0 aromatic heterocycles. The van der Waals surface area contributed by atoms with E-state index in [2.05, 4.69) is 0 Å². The Morgan fingerprint density at radius 2 is 1.75 bits per heavy atom. The van der Waals surface area contributed by atoms with E-state index in [-0.39, 0.29) is 6.42 Å². The van der Waals surface area contributed by atoms with Crippen LogP contribution < -0.4 is 0 Å². The van der Waals surface area contributed by atoms with Gasteiger partial charge in [0.05, 0.1) is 6.42 Å². The van der Waals surface area contributed by atoms with Crippen LogP contribution in [0.3, 0.4) is 0 Å². The summed E-state index contributed by atoms with van der Waals surface area (Å²) in [4.78, 5) is 10.6. The second kappa shape index (κ2) is 4.60. The van der Waals surface area contributed by atoms with Gasteiger partial charge in [0.15, 0.2) is 0 Å². The van der Waals surface area contributed by atoms with E-state index in [1.807, 2.05) is 0 Å². The Morgan fingerprint density at radius 1 is 1.31 bits per heavy atom. The van der Waals surface area contributed by atoms with Crippen LogP contribution in [0.1, 0.15) is 36.0 Å². The molecule has 0 fully saturated rings. The maximum atomic E-state index is 13.3. The molecule has 1 unspecified atom stereocenters. The lowest BCUT2D eigenvalue weighted by molar-refractivity contribution is -0.137. The Morgan fingerprint density at radius 3 is 2.12 bits per heavy atom. The molecule has 0 bridgehead atoms. The van der Waals surface area contributed by atoms with Crippen LogP contribution in [-0.2, 0) is 4.79 Å². The number of halogens is 2. The highest BCUT2D eigenvalue weighted by Crippen LogP contribution is 2.29. The van der Waals surface area contributed by atoms with Gasteiger partial charge in [-0.15, -0.1) is 0 Å². The molecule has 0 amide bonds. The molecule has 1 atom stereocenters. The van der Waals surface area contributed by atoms with Crippen molar-refractivity contribution >= 4 is 5.97 Å². The van der Waals surface area contributed by atoms with Crippen LogP contribution in [0, 0.1) is 25.5 Å². The van der Waals surface area contributed by atoms with Gasteiger partial charge in [0.2, 0.25) is 0 Å². The minimum atomic E-state index is -0.976. The molecule has 2 nitrogen and oxygen atoms in total. The van der Waals surface area contributed by atoms with Gasteiger partial charge in [0.25, 0.3) is 0 Å². The molecule has 0 aliphatic rings. The summed E-state index contributed by atoms with van der Waals surface area (Å²) in [6.07, 6.45) is -0.134. The van der Waals surface area contributed by atoms with E-state index in [1.54, 1.807) is 6.92 Å². The van der Waals surface area contributed by atoms with E-state index in [0.29, 0.717) is 16.7 Å². The molecule has 4 heteroatoms. The van der Waals surface area contributed by atoms with Gasteiger partial charge in [-0.25, -0.2) is 8.78 Å². The van der Waals surface area contributed by atoms with Crippen molar-refractivity contribution in [2.24, 2.45) is 0 Å². The van der Waals surface area contributed by atoms with E-state index in [0.717, 1.165) is 6.07 Å². The number of aliphatic carboxylic acids is 1. The summed E-state index contributed by atoms with van der Waals surface area (Å²) >= 11 is 0. The van der Waals surface area contributed by atoms with Gasteiger partial charge in [-0.05, 0) is 36.5 Å². The minimum Gasteiger partial charge on any atom is -0.481 e. The lowest BCUT2D eigenvalue weighted by Gasteiger charge is -2.17. The number of rotatable bonds is 3. The first-order chi connectivity index (χ1) is 7.34. The highest BCUT2D eigenvalue weighted by atomic mass is 19.1. The highest BCUT2D eigenvalue weighted by molar-refractivity contribution is 5.68. The van der Waals surface area contributed by atoms with Gasteiger partial charge in [0.1, 0.15) is 11.6 Å². The topological polar surface area (TPSA) is 37.3 Å². The van der Waals surface area contributed by atoms with Crippen LogP contribution >= 0.6 is 0 Å². The fraction of sp³-hybridized carbons (Fsp3) is 0.417. The molecule has 0 saturated heterocycles. The molecule has 16 heavy (non-hydrogen) atoms. The quantitative estimate of drug-likeness (QED) is 0.862. The molecule has 1 rings (SSSR count). The van der Waals surface area contributed by atoms with E-state index < -0.39 is 23.5 Å². The van der Waals surface area contributed by atoms with Gasteiger partial charge < -0.3 is 5.11 Å². The third-order valence-electron chi connectivity index (χ3n) is 2.75. The lowest BCUT2D eigenvalue weighted by Crippen LogP contribution is -2.08. The van der Waals surface area contributed by atoms with Gasteiger partial charge >= 0.3 is 5.97 Å². The summed E-state index contributed by atoms with van der Waals surface area (Å²) in [5.41, 5.74) is 1.11. The van der Waals surface area contributed by atoms with Crippen LogP contribution in [0.5, 0.6) is 0 Å². The predicted octanol–water partition coefficient (Wildman–Crippen LogP) is 3.16. The molecule has 1 aromatic carbocycles. The molecule has 1 aromatic rings. The molecular formula is C12H14F2O2. The first-order valence-corrected chi connectivity index (χ1v) is 5.01. The molecule has 0 spiro atoms. The molecule has 0 aliphatic heterocycles. The second-order valence-electron chi connectivity index (χ2n) is 4.00. The van der Waals surface area contributed by atoms with Gasteiger partial charge in [-0.2, -0.15) is 0 Å². The molecule has 0 heterocycles. The second-order valence-corrected chi connectivity index (χ2v) is 4.00. The van der Waals surface area contributed by atoms with Crippen molar-refractivity contribution in [3.63, 3.8) is 0 Å². The Bertz CT molecular complexity index is 401. The van der Waals surface area contributed by atoms with Crippen LogP contribution in [0.4, 0.5) is 8.78 Å². The van der Waals surface area contributed by atoms with E-state index >= 15 is 0 Å². The van der Waals surface area contributed by atoms with Gasteiger partial charge in [-0.3, -0.25) is 4.79 Å². The fourth-order valence-electron chi connectivity index (χ4n) is 1.97. The first kappa shape index (κ1) is 12.6. The average Bonchev–Trinajstić information content (AvgIpc) is 2.14. The van der Waals surface area contributed by atoms with E-state index in [9.17, 15) is 13.6 Å². The largest absolute Gasteiger partial charge is 0.481 e. The zero-order chi connectivity index (χ0) is 12.5. The SMILES string of the molecule is Cc1c(F)cc(F)c(C)c1C(C)CC(=O)O. The monoisotopic (exact) mass is 228 g/mol. The van der Waals surface area contributed by atoms with Crippen LogP contribution in [0.2, 0.25) is 0 Å². The number of carboxylic acid groups (broad SMARTS) is 1. The normalized spacial score (nSPS) is 12.6. The van der Waals surface area contributed by atoms with Gasteiger partial charge in [-0.1, -0.05) is 6.92 Å². The van der Waals surface area contributed by atoms with Crippen molar-refractivity contribution in [1.29, 1.82) is 0 Å². The van der Waals surface area contributed by atoms with Crippen molar-refractivity contribution < 1.29 is 18.7 Å². The summed E-state index contributed by atoms with van der Waals surface area (Å²) in [6.45, 7) is 4.73. The number of hydrogen-bond acceptors (Lipinski definition) is 1. The highest BCUT2D eigenvalue weighted by Gasteiger charge is 2.19. The van der Waals surface area contributed by atoms with Crippen LogP contribution in [0.15, 0.2) is 6.07 Å². The molecule has 0 radical (unpaired) electrons. The Balaban J connectivity index is 3.26. The number of hydrogen-bond donors (Lipinski definition) is 1. The predicted molar refractivity (Wildman–Crippen MR) is 56.5 cm³/mol. The van der Waals surface area contributed by atoms with E-state index in [1.165, 1.54) is 13.8 Å². The standard InChI is InChI=1S/C12H14F2O2/c1-6(4-11(15)16)12-7(2)9(13)5-10(14)8(12)3/h5-6H,4H2,1-3H3,(H,15,16). The third kappa shape index (κ3) is 2.38. The Kier molecular flexibility index (Phi) is 3.62. The lowest BCUT2D eigenvalue weighted by atomic mass is 9.89. The molecule has 88 valence electrons. The van der Waals surface area contributed by atoms with Crippen LogP contribution in [-0.4, -0.2) is 11.1 Å². The maximum Gasteiger partial charge on any atom is 0.303 e. The van der Waals surface area contributed by atoms with Crippen LogP contribution in [0.25, 0.3) is 0 Å². The Hall–Kier alpha value is -1.45. The van der Waals surface area contributed by atoms with Crippen molar-refractivity contribution in [2.45, 2.75) is 33.1 Å². The summed E-state index contributed by atoms with van der Waals surface area (Å²) in [5, 5.41) is 8.68. The average molecular weight is 228 g/mol. The summed E-state index contributed by atoms with van der Waals surface area (Å²) in [5.74, 6) is -2.63. The smallest absolute Gasteiger partial charge is 0.303 e. The summed E-state index contributed by atoms with van der Waals surface area (Å²) < 4.78 is 26.7. The minimum absolute atomic E-state index is 0.134. The molecular weight excluding hydrogens is 214 g/mol. The Labute approximate surface area is 92.9 Å². The maximum absolute atomic E-state index is 13.3. The molecule has 0 saturated carbocycles. The number of carboxylic acids is 1. The zero-order valence-electron chi connectivity index (χ0n) is 9.47. The zero-order valence-corrected chi connectivity index (χ0v) is 9.47. The number of carbonyl (C=O) groups is 1. The van der Waals surface area contributed by atoms with Crippen molar-refractivity contribution in [3.8, 4) is 0 Å². The van der Waals surface area contributed by atoms with Crippen molar-refractivity contribution in [1.82, 2.24) is 0 Å². The molecule has 1 N–H and O–H groups in total.